The number of fused-ring (bicyclic) bond motifs is 1. The van der Waals surface area contributed by atoms with Gasteiger partial charge in [0.1, 0.15) is 10.7 Å². The molecule has 0 saturated heterocycles. The first kappa shape index (κ1) is 12.9. The smallest absolute Gasteiger partial charge is 0.278 e. The number of thiazole rings is 1. The van der Waals surface area contributed by atoms with Crippen LogP contribution in [-0.4, -0.2) is 24.5 Å². The maximum absolute atomic E-state index is 11.8. The van der Waals surface area contributed by atoms with Crippen LogP contribution in [0.1, 0.15) is 0 Å². The Morgan fingerprint density at radius 2 is 2.00 bits per heavy atom. The largest absolute Gasteiger partial charge is 0.331 e. The zero-order valence-electron chi connectivity index (χ0n) is 11.6. The molecule has 0 aliphatic carbocycles. The van der Waals surface area contributed by atoms with Crippen molar-refractivity contribution in [2.24, 2.45) is 7.05 Å². The van der Waals surface area contributed by atoms with Gasteiger partial charge < -0.3 is 9.55 Å². The molecule has 0 unspecified atom stereocenters. The van der Waals surface area contributed by atoms with E-state index in [4.69, 9.17) is 0 Å². The Balaban J connectivity index is 1.97. The van der Waals surface area contributed by atoms with Gasteiger partial charge in [-0.25, -0.2) is 15.0 Å². The van der Waals surface area contributed by atoms with Gasteiger partial charge in [0.2, 0.25) is 0 Å². The van der Waals surface area contributed by atoms with E-state index in [1.807, 2.05) is 41.9 Å². The topological polar surface area (TPSA) is 76.5 Å². The fourth-order valence-corrected chi connectivity index (χ4v) is 3.35. The van der Waals surface area contributed by atoms with Gasteiger partial charge >= 0.3 is 0 Å². The monoisotopic (exact) mass is 309 g/mol. The number of nitrogens with one attached hydrogen (secondary N) is 1. The summed E-state index contributed by atoms with van der Waals surface area (Å²) >= 11 is 1.39. The van der Waals surface area contributed by atoms with Gasteiger partial charge in [-0.1, -0.05) is 41.7 Å². The number of aromatic nitrogens is 5. The van der Waals surface area contributed by atoms with E-state index >= 15 is 0 Å². The van der Waals surface area contributed by atoms with Crippen molar-refractivity contribution >= 4 is 21.7 Å². The maximum atomic E-state index is 11.8. The molecule has 0 radical (unpaired) electrons. The van der Waals surface area contributed by atoms with Gasteiger partial charge in [-0.15, -0.1) is 0 Å². The second kappa shape index (κ2) is 4.88. The molecule has 0 atom stereocenters. The highest BCUT2D eigenvalue weighted by Gasteiger charge is 2.18. The van der Waals surface area contributed by atoms with Crippen molar-refractivity contribution in [1.82, 2.24) is 24.5 Å². The molecule has 0 amide bonds. The Kier molecular flexibility index (Phi) is 2.87. The van der Waals surface area contributed by atoms with Crippen molar-refractivity contribution < 1.29 is 0 Å². The summed E-state index contributed by atoms with van der Waals surface area (Å²) < 4.78 is 1.91. The Morgan fingerprint density at radius 1 is 1.18 bits per heavy atom. The summed E-state index contributed by atoms with van der Waals surface area (Å²) in [4.78, 5) is 28.1. The van der Waals surface area contributed by atoms with E-state index in [1.54, 1.807) is 6.33 Å². The minimum Gasteiger partial charge on any atom is -0.331 e. The highest BCUT2D eigenvalue weighted by Crippen LogP contribution is 2.34. The van der Waals surface area contributed by atoms with Crippen molar-refractivity contribution in [2.75, 3.05) is 0 Å². The van der Waals surface area contributed by atoms with Crippen LogP contribution in [0.25, 0.3) is 32.3 Å². The molecule has 0 bridgehead atoms. The molecular weight excluding hydrogens is 298 g/mol. The molecule has 3 heterocycles. The van der Waals surface area contributed by atoms with Crippen LogP contribution in [0.5, 0.6) is 0 Å². The molecule has 0 saturated carbocycles. The third-order valence-electron chi connectivity index (χ3n) is 3.39. The van der Waals surface area contributed by atoms with Crippen LogP contribution in [0.2, 0.25) is 0 Å². The number of imidazole rings is 1. The second-order valence-electron chi connectivity index (χ2n) is 4.82. The lowest BCUT2D eigenvalue weighted by Crippen LogP contribution is -2.05. The minimum atomic E-state index is -0.226. The number of aromatic amines is 1. The molecule has 7 heteroatoms. The lowest BCUT2D eigenvalue weighted by Gasteiger charge is -2.02. The third-order valence-corrected chi connectivity index (χ3v) is 4.36. The molecule has 0 spiro atoms. The molecule has 108 valence electrons. The average Bonchev–Trinajstić information content (AvgIpc) is 3.12. The summed E-state index contributed by atoms with van der Waals surface area (Å²) in [5, 5.41) is 0.734. The van der Waals surface area contributed by atoms with Crippen molar-refractivity contribution in [3.8, 4) is 22.0 Å². The summed E-state index contributed by atoms with van der Waals surface area (Å²) in [6.45, 7) is 0. The summed E-state index contributed by atoms with van der Waals surface area (Å²) in [7, 11) is 1.92. The number of nitrogens with zero attached hydrogens (tertiary/aromatic N) is 4. The number of hydrogen-bond acceptors (Lipinski definition) is 5. The normalized spacial score (nSPS) is 11.1. The Morgan fingerprint density at radius 3 is 2.77 bits per heavy atom. The molecule has 1 N–H and O–H groups in total. The van der Waals surface area contributed by atoms with Crippen LogP contribution in [0, 0.1) is 0 Å². The first-order valence-electron chi connectivity index (χ1n) is 6.65. The third kappa shape index (κ3) is 1.94. The van der Waals surface area contributed by atoms with Crippen LogP contribution >= 0.6 is 11.3 Å². The van der Waals surface area contributed by atoms with Gasteiger partial charge in [0, 0.05) is 12.6 Å². The number of H-pyrrole nitrogens is 1. The van der Waals surface area contributed by atoms with Crippen molar-refractivity contribution in [1.29, 1.82) is 0 Å². The molecule has 1 aromatic carbocycles. The SMILES string of the molecule is Cn1cnc(-c2ccccc2)c1-c1nc2c(=O)[nH]cnc2s1. The quantitative estimate of drug-likeness (QED) is 0.617. The Hall–Kier alpha value is -2.80. The van der Waals surface area contributed by atoms with Crippen molar-refractivity contribution in [2.45, 2.75) is 0 Å². The molecule has 6 nitrogen and oxygen atoms in total. The van der Waals surface area contributed by atoms with E-state index < -0.39 is 0 Å². The number of aryl methyl sites for hydroxylation is 1. The predicted molar refractivity (Wildman–Crippen MR) is 85.7 cm³/mol. The molecule has 4 aromatic rings. The number of hydrogen-bond donors (Lipinski definition) is 1. The van der Waals surface area contributed by atoms with E-state index in [2.05, 4.69) is 19.9 Å². The van der Waals surface area contributed by atoms with Gasteiger partial charge in [-0.2, -0.15) is 0 Å². The van der Waals surface area contributed by atoms with Crippen LogP contribution in [0.3, 0.4) is 0 Å². The predicted octanol–water partition coefficient (Wildman–Crippen LogP) is 2.45. The molecule has 0 fully saturated rings. The molecule has 4 rings (SSSR count). The molecule has 0 aliphatic heterocycles. The van der Waals surface area contributed by atoms with E-state index in [1.165, 1.54) is 17.7 Å². The fourth-order valence-electron chi connectivity index (χ4n) is 2.36. The Bertz CT molecular complexity index is 1020. The second-order valence-corrected chi connectivity index (χ2v) is 5.80. The van der Waals surface area contributed by atoms with Gasteiger partial charge in [-0.3, -0.25) is 4.79 Å². The van der Waals surface area contributed by atoms with Crippen molar-refractivity contribution in [3.63, 3.8) is 0 Å². The van der Waals surface area contributed by atoms with Crippen LogP contribution in [0.15, 0.2) is 47.8 Å². The van der Waals surface area contributed by atoms with E-state index in [0.717, 1.165) is 22.0 Å². The summed E-state index contributed by atoms with van der Waals surface area (Å²) in [5.41, 5.74) is 2.88. The van der Waals surface area contributed by atoms with E-state index in [9.17, 15) is 4.79 Å². The average molecular weight is 309 g/mol. The molecule has 3 aromatic heterocycles. The van der Waals surface area contributed by atoms with Gasteiger partial charge in [0.25, 0.3) is 5.56 Å². The number of rotatable bonds is 2. The van der Waals surface area contributed by atoms with Gasteiger partial charge in [0.05, 0.1) is 18.3 Å². The number of benzene rings is 1. The fraction of sp³-hybridized carbons (Fsp3) is 0.0667. The highest BCUT2D eigenvalue weighted by molar-refractivity contribution is 7.21. The molecular formula is C15H11N5OS. The standard InChI is InChI=1S/C15H11N5OS/c1-20-8-18-10(9-5-3-2-4-6-9)12(20)15-19-11-13(21)16-7-17-14(11)22-15/h2-8H,1H3,(H,16,17,21). The first-order valence-corrected chi connectivity index (χ1v) is 7.47. The van der Waals surface area contributed by atoms with E-state index in [-0.39, 0.29) is 5.56 Å². The molecule has 0 aliphatic rings. The molecule has 22 heavy (non-hydrogen) atoms. The van der Waals surface area contributed by atoms with Crippen LogP contribution in [-0.2, 0) is 7.05 Å². The first-order chi connectivity index (χ1) is 10.7. The lowest BCUT2D eigenvalue weighted by atomic mass is 10.1. The van der Waals surface area contributed by atoms with Gasteiger partial charge in [-0.05, 0) is 0 Å². The zero-order valence-corrected chi connectivity index (χ0v) is 12.5. The van der Waals surface area contributed by atoms with Crippen LogP contribution < -0.4 is 5.56 Å². The van der Waals surface area contributed by atoms with Gasteiger partial charge in [0.15, 0.2) is 10.3 Å². The Labute approximate surface area is 129 Å². The van der Waals surface area contributed by atoms with Crippen molar-refractivity contribution in [3.05, 3.63) is 53.3 Å². The maximum Gasteiger partial charge on any atom is 0.278 e. The lowest BCUT2D eigenvalue weighted by molar-refractivity contribution is 0.920. The van der Waals surface area contributed by atoms with Crippen LogP contribution in [0.4, 0.5) is 0 Å². The summed E-state index contributed by atoms with van der Waals surface area (Å²) in [6, 6.07) is 9.92. The summed E-state index contributed by atoms with van der Waals surface area (Å²) in [5.74, 6) is 0. The zero-order chi connectivity index (χ0) is 15.1. The minimum absolute atomic E-state index is 0.226. The summed E-state index contributed by atoms with van der Waals surface area (Å²) in [6.07, 6.45) is 3.15. The highest BCUT2D eigenvalue weighted by atomic mass is 32.1. The van der Waals surface area contributed by atoms with E-state index in [0.29, 0.717) is 10.3 Å².